The third-order valence-electron chi connectivity index (χ3n) is 2.56. The van der Waals surface area contributed by atoms with Gasteiger partial charge in [-0.1, -0.05) is 29.8 Å². The van der Waals surface area contributed by atoms with E-state index in [1.54, 1.807) is 12.1 Å². The van der Waals surface area contributed by atoms with Crippen LogP contribution in [0.15, 0.2) is 22.7 Å². The van der Waals surface area contributed by atoms with E-state index in [0.717, 1.165) is 4.47 Å². The van der Waals surface area contributed by atoms with Gasteiger partial charge in [0.1, 0.15) is 5.82 Å². The zero-order valence-electron chi connectivity index (χ0n) is 9.50. The number of aliphatic hydroxyl groups is 1. The number of hydrogen-bond acceptors (Lipinski definition) is 2. The van der Waals surface area contributed by atoms with Gasteiger partial charge in [0, 0.05) is 22.6 Å². The monoisotopic (exact) mass is 289 g/mol. The van der Waals surface area contributed by atoms with Crippen molar-refractivity contribution in [3.63, 3.8) is 0 Å². The lowest BCUT2D eigenvalue weighted by Crippen LogP contribution is -2.36. The van der Waals surface area contributed by atoms with E-state index in [9.17, 15) is 4.39 Å². The summed E-state index contributed by atoms with van der Waals surface area (Å²) in [7, 11) is 0. The van der Waals surface area contributed by atoms with Crippen LogP contribution in [0.4, 0.5) is 4.39 Å². The van der Waals surface area contributed by atoms with Crippen LogP contribution < -0.4 is 5.32 Å². The summed E-state index contributed by atoms with van der Waals surface area (Å²) in [6.07, 6.45) is 0. The third-order valence-corrected chi connectivity index (χ3v) is 3.06. The number of nitrogens with one attached hydrogen (secondary N) is 1. The molecule has 0 heterocycles. The van der Waals surface area contributed by atoms with Gasteiger partial charge in [0.15, 0.2) is 0 Å². The second-order valence-corrected chi connectivity index (χ2v) is 5.07. The van der Waals surface area contributed by atoms with Gasteiger partial charge in [0.2, 0.25) is 0 Å². The van der Waals surface area contributed by atoms with E-state index in [4.69, 9.17) is 5.11 Å². The average molecular weight is 290 g/mol. The van der Waals surface area contributed by atoms with Gasteiger partial charge < -0.3 is 10.4 Å². The molecule has 0 saturated carbocycles. The number of halogens is 2. The molecule has 16 heavy (non-hydrogen) atoms. The Bertz CT molecular complexity index is 344. The van der Waals surface area contributed by atoms with Crippen molar-refractivity contribution in [1.82, 2.24) is 5.32 Å². The Morgan fingerprint density at radius 2 is 2.12 bits per heavy atom. The fourth-order valence-corrected chi connectivity index (χ4v) is 1.84. The zero-order chi connectivity index (χ0) is 12.1. The van der Waals surface area contributed by atoms with Gasteiger partial charge in [-0.05, 0) is 24.1 Å². The van der Waals surface area contributed by atoms with Gasteiger partial charge in [-0.25, -0.2) is 4.39 Å². The van der Waals surface area contributed by atoms with E-state index in [2.05, 4.69) is 21.2 Å². The summed E-state index contributed by atoms with van der Waals surface area (Å²) < 4.78 is 14.3. The first-order valence-electron chi connectivity index (χ1n) is 5.32. The van der Waals surface area contributed by atoms with Crippen molar-refractivity contribution in [2.75, 3.05) is 6.61 Å². The number of aliphatic hydroxyl groups excluding tert-OH is 1. The zero-order valence-corrected chi connectivity index (χ0v) is 11.1. The summed E-state index contributed by atoms with van der Waals surface area (Å²) >= 11 is 3.31. The molecule has 1 atom stereocenters. The summed E-state index contributed by atoms with van der Waals surface area (Å²) in [5.41, 5.74) is 0.605. The van der Waals surface area contributed by atoms with Crippen molar-refractivity contribution in [3.8, 4) is 0 Å². The fraction of sp³-hybridized carbons (Fsp3) is 0.500. The highest BCUT2D eigenvalue weighted by Gasteiger charge is 2.12. The maximum absolute atomic E-state index is 13.4. The van der Waals surface area contributed by atoms with E-state index >= 15 is 0 Å². The molecule has 90 valence electrons. The largest absolute Gasteiger partial charge is 0.395 e. The van der Waals surface area contributed by atoms with Gasteiger partial charge in [-0.15, -0.1) is 0 Å². The lowest BCUT2D eigenvalue weighted by molar-refractivity contribution is 0.209. The van der Waals surface area contributed by atoms with Crippen molar-refractivity contribution < 1.29 is 9.50 Å². The van der Waals surface area contributed by atoms with Crippen LogP contribution in [0.5, 0.6) is 0 Å². The van der Waals surface area contributed by atoms with Gasteiger partial charge in [0.25, 0.3) is 0 Å². The molecule has 0 aliphatic heterocycles. The molecule has 0 aliphatic carbocycles. The molecule has 4 heteroatoms. The predicted molar refractivity (Wildman–Crippen MR) is 66.7 cm³/mol. The Morgan fingerprint density at radius 3 is 2.69 bits per heavy atom. The first kappa shape index (κ1) is 13.6. The quantitative estimate of drug-likeness (QED) is 0.874. The molecule has 0 bridgehead atoms. The van der Waals surface area contributed by atoms with E-state index in [-0.39, 0.29) is 18.5 Å². The third kappa shape index (κ3) is 3.85. The smallest absolute Gasteiger partial charge is 0.127 e. The van der Waals surface area contributed by atoms with Crippen LogP contribution >= 0.6 is 15.9 Å². The standard InChI is InChI=1S/C12H17BrFNO/c1-8(2)12(7-16)15-6-9-5-10(13)3-4-11(9)14/h3-5,8,12,15-16H,6-7H2,1-2H3. The molecular formula is C12H17BrFNO. The highest BCUT2D eigenvalue weighted by molar-refractivity contribution is 9.10. The molecule has 1 rings (SSSR count). The lowest BCUT2D eigenvalue weighted by Gasteiger charge is -2.20. The molecule has 2 N–H and O–H groups in total. The maximum atomic E-state index is 13.4. The molecule has 0 aliphatic rings. The van der Waals surface area contributed by atoms with E-state index in [0.29, 0.717) is 18.0 Å². The van der Waals surface area contributed by atoms with Crippen molar-refractivity contribution in [2.45, 2.75) is 26.4 Å². The number of hydrogen-bond donors (Lipinski definition) is 2. The minimum Gasteiger partial charge on any atom is -0.395 e. The normalized spacial score (nSPS) is 13.1. The van der Waals surface area contributed by atoms with E-state index in [1.165, 1.54) is 6.07 Å². The average Bonchev–Trinajstić information content (AvgIpc) is 2.23. The second-order valence-electron chi connectivity index (χ2n) is 4.15. The minimum absolute atomic E-state index is 0.00150. The first-order valence-corrected chi connectivity index (χ1v) is 6.12. The topological polar surface area (TPSA) is 32.3 Å². The van der Waals surface area contributed by atoms with Crippen LogP contribution in [0.1, 0.15) is 19.4 Å². The molecule has 0 aromatic heterocycles. The molecule has 1 aromatic carbocycles. The molecule has 0 fully saturated rings. The van der Waals surface area contributed by atoms with Crippen LogP contribution in [-0.2, 0) is 6.54 Å². The van der Waals surface area contributed by atoms with Gasteiger partial charge in [-0.2, -0.15) is 0 Å². The number of rotatable bonds is 5. The van der Waals surface area contributed by atoms with Gasteiger partial charge in [-0.3, -0.25) is 0 Å². The molecule has 0 radical (unpaired) electrons. The van der Waals surface area contributed by atoms with Gasteiger partial charge >= 0.3 is 0 Å². The molecule has 2 nitrogen and oxygen atoms in total. The first-order chi connectivity index (χ1) is 7.54. The Hall–Kier alpha value is -0.450. The highest BCUT2D eigenvalue weighted by Crippen LogP contribution is 2.15. The van der Waals surface area contributed by atoms with Crippen LogP contribution in [0.25, 0.3) is 0 Å². The van der Waals surface area contributed by atoms with Crippen molar-refractivity contribution in [3.05, 3.63) is 34.1 Å². The molecule has 1 unspecified atom stereocenters. The highest BCUT2D eigenvalue weighted by atomic mass is 79.9. The van der Waals surface area contributed by atoms with E-state index in [1.807, 2.05) is 13.8 Å². The lowest BCUT2D eigenvalue weighted by atomic mass is 10.1. The molecular weight excluding hydrogens is 273 g/mol. The molecule has 0 saturated heterocycles. The summed E-state index contributed by atoms with van der Waals surface area (Å²) in [6, 6.07) is 4.85. The number of benzene rings is 1. The Kier molecular flexibility index (Phi) is 5.38. The molecule has 0 amide bonds. The Labute approximate surface area is 104 Å². The minimum atomic E-state index is -0.226. The van der Waals surface area contributed by atoms with Crippen molar-refractivity contribution in [1.29, 1.82) is 0 Å². The van der Waals surface area contributed by atoms with Crippen molar-refractivity contribution in [2.24, 2.45) is 5.92 Å². The Morgan fingerprint density at radius 1 is 1.44 bits per heavy atom. The van der Waals surface area contributed by atoms with Crippen LogP contribution in [-0.4, -0.2) is 17.8 Å². The van der Waals surface area contributed by atoms with Crippen LogP contribution in [0.3, 0.4) is 0 Å². The van der Waals surface area contributed by atoms with Crippen LogP contribution in [0, 0.1) is 11.7 Å². The van der Waals surface area contributed by atoms with Crippen molar-refractivity contribution >= 4 is 15.9 Å². The fourth-order valence-electron chi connectivity index (χ4n) is 1.43. The van der Waals surface area contributed by atoms with Gasteiger partial charge in [0.05, 0.1) is 6.61 Å². The SMILES string of the molecule is CC(C)C(CO)NCc1cc(Br)ccc1F. The summed E-state index contributed by atoms with van der Waals surface area (Å²) in [5, 5.41) is 12.3. The molecule has 0 spiro atoms. The summed E-state index contributed by atoms with van der Waals surface area (Å²) in [4.78, 5) is 0. The predicted octanol–water partition coefficient (Wildman–Crippen LogP) is 2.69. The maximum Gasteiger partial charge on any atom is 0.127 e. The van der Waals surface area contributed by atoms with E-state index < -0.39 is 0 Å². The van der Waals surface area contributed by atoms with Crippen LogP contribution in [0.2, 0.25) is 0 Å². The second kappa shape index (κ2) is 6.33. The molecule has 1 aromatic rings. The summed E-state index contributed by atoms with van der Waals surface area (Å²) in [6.45, 7) is 4.53. The Balaban J connectivity index is 2.63. The summed E-state index contributed by atoms with van der Waals surface area (Å²) in [5.74, 6) is 0.0939.